The van der Waals surface area contributed by atoms with Crippen molar-refractivity contribution in [2.45, 2.75) is 25.9 Å². The minimum Gasteiger partial charge on any atom is -0.493 e. The molecular formula is C16H17N3O5. The molecule has 0 aliphatic carbocycles. The zero-order chi connectivity index (χ0) is 17.5. The van der Waals surface area contributed by atoms with E-state index in [1.165, 1.54) is 14.0 Å². The molecule has 1 aromatic heterocycles. The molecule has 0 saturated carbocycles. The van der Waals surface area contributed by atoms with Gasteiger partial charge in [0.1, 0.15) is 6.07 Å². The molecule has 2 rings (SSSR count). The van der Waals surface area contributed by atoms with Crippen molar-refractivity contribution in [3.8, 4) is 29.0 Å². The lowest BCUT2D eigenvalue weighted by Crippen LogP contribution is -2.13. The molecule has 0 unspecified atom stereocenters. The molecule has 2 aromatic rings. The molecule has 24 heavy (non-hydrogen) atoms. The van der Waals surface area contributed by atoms with E-state index in [0.717, 1.165) is 0 Å². The molecular weight excluding hydrogens is 314 g/mol. The minimum atomic E-state index is -0.775. The van der Waals surface area contributed by atoms with Gasteiger partial charge in [0.15, 0.2) is 17.6 Å². The van der Waals surface area contributed by atoms with E-state index in [1.807, 2.05) is 6.07 Å². The van der Waals surface area contributed by atoms with E-state index in [-0.39, 0.29) is 12.8 Å². The van der Waals surface area contributed by atoms with Crippen LogP contribution in [-0.4, -0.2) is 36.4 Å². The maximum absolute atomic E-state index is 11.5. The van der Waals surface area contributed by atoms with Crippen molar-refractivity contribution in [2.24, 2.45) is 0 Å². The maximum Gasteiger partial charge on any atom is 0.307 e. The number of methoxy groups -OCH3 is 2. The fourth-order valence-corrected chi connectivity index (χ4v) is 1.94. The molecule has 0 aliphatic rings. The molecule has 8 heteroatoms. The highest BCUT2D eigenvalue weighted by molar-refractivity contribution is 5.70. The molecule has 0 amide bonds. The molecule has 1 aromatic carbocycles. The Morgan fingerprint density at radius 1 is 1.33 bits per heavy atom. The van der Waals surface area contributed by atoms with E-state index >= 15 is 0 Å². The third-order valence-electron chi connectivity index (χ3n) is 3.14. The van der Waals surface area contributed by atoms with Crippen LogP contribution in [0.15, 0.2) is 22.7 Å². The molecule has 0 saturated heterocycles. The minimum absolute atomic E-state index is 0.0551. The first-order valence-corrected chi connectivity index (χ1v) is 7.21. The van der Waals surface area contributed by atoms with Crippen LogP contribution in [0.3, 0.4) is 0 Å². The Morgan fingerprint density at radius 3 is 2.75 bits per heavy atom. The van der Waals surface area contributed by atoms with Gasteiger partial charge in [-0.25, -0.2) is 0 Å². The van der Waals surface area contributed by atoms with Crippen molar-refractivity contribution in [3.05, 3.63) is 24.1 Å². The van der Waals surface area contributed by atoms with Crippen LogP contribution in [-0.2, 0) is 16.0 Å². The predicted octanol–water partition coefficient (Wildman–Crippen LogP) is 2.14. The second kappa shape index (κ2) is 7.97. The number of ether oxygens (including phenoxy) is 3. The number of benzene rings is 1. The highest BCUT2D eigenvalue weighted by Crippen LogP contribution is 2.31. The first-order chi connectivity index (χ1) is 11.6. The second-order valence-corrected chi connectivity index (χ2v) is 4.84. The zero-order valence-corrected chi connectivity index (χ0v) is 13.6. The Labute approximate surface area is 138 Å². The average Bonchev–Trinajstić information content (AvgIpc) is 3.08. The first-order valence-electron chi connectivity index (χ1n) is 7.21. The summed E-state index contributed by atoms with van der Waals surface area (Å²) in [6, 6.07) is 7.07. The summed E-state index contributed by atoms with van der Waals surface area (Å²) in [5.41, 5.74) is 0.698. The van der Waals surface area contributed by atoms with Crippen LogP contribution >= 0.6 is 0 Å². The van der Waals surface area contributed by atoms with E-state index in [2.05, 4.69) is 10.1 Å². The quantitative estimate of drug-likeness (QED) is 0.710. The fraction of sp³-hybridized carbons (Fsp3) is 0.375. The molecule has 1 heterocycles. The Bertz CT molecular complexity index is 750. The molecule has 1 atom stereocenters. The van der Waals surface area contributed by atoms with Gasteiger partial charge in [0.2, 0.25) is 11.7 Å². The second-order valence-electron chi connectivity index (χ2n) is 4.84. The maximum atomic E-state index is 11.5. The van der Waals surface area contributed by atoms with Crippen molar-refractivity contribution in [2.75, 3.05) is 14.2 Å². The van der Waals surface area contributed by atoms with Gasteiger partial charge < -0.3 is 18.7 Å². The Kier molecular flexibility index (Phi) is 5.73. The van der Waals surface area contributed by atoms with E-state index < -0.39 is 12.1 Å². The van der Waals surface area contributed by atoms with Gasteiger partial charge in [-0.1, -0.05) is 5.16 Å². The lowest BCUT2D eigenvalue weighted by molar-refractivity contribution is -0.145. The lowest BCUT2D eigenvalue weighted by Gasteiger charge is -2.07. The smallest absolute Gasteiger partial charge is 0.307 e. The lowest BCUT2D eigenvalue weighted by atomic mass is 10.2. The normalized spacial score (nSPS) is 11.4. The summed E-state index contributed by atoms with van der Waals surface area (Å²) in [7, 11) is 3.09. The highest BCUT2D eigenvalue weighted by atomic mass is 16.5. The Morgan fingerprint density at radius 2 is 2.08 bits per heavy atom. The van der Waals surface area contributed by atoms with Gasteiger partial charge in [-0.05, 0) is 25.1 Å². The molecule has 0 spiro atoms. The summed E-state index contributed by atoms with van der Waals surface area (Å²) in [6.07, 6.45) is -0.487. The molecule has 0 bridgehead atoms. The predicted molar refractivity (Wildman–Crippen MR) is 82.3 cm³/mol. The molecule has 0 aliphatic heterocycles. The highest BCUT2D eigenvalue weighted by Gasteiger charge is 2.14. The Balaban J connectivity index is 2.03. The van der Waals surface area contributed by atoms with Gasteiger partial charge in [-0.3, -0.25) is 4.79 Å². The summed E-state index contributed by atoms with van der Waals surface area (Å²) in [4.78, 5) is 15.8. The SMILES string of the molecule is COc1ccc(-c2noc(CCC(=O)O[C@@H](C)C#N)n2)cc1OC. The van der Waals surface area contributed by atoms with Gasteiger partial charge in [0.05, 0.1) is 20.6 Å². The van der Waals surface area contributed by atoms with Gasteiger partial charge in [0.25, 0.3) is 0 Å². The summed E-state index contributed by atoms with van der Waals surface area (Å²) in [5.74, 6) is 1.34. The molecule has 126 valence electrons. The number of hydrogen-bond acceptors (Lipinski definition) is 8. The number of nitriles is 1. The summed E-state index contributed by atoms with van der Waals surface area (Å²) in [5, 5.41) is 12.5. The number of carbonyl (C=O) groups excluding carboxylic acids is 1. The molecule has 0 fully saturated rings. The number of aryl methyl sites for hydroxylation is 1. The first kappa shape index (κ1) is 17.3. The number of carbonyl (C=O) groups is 1. The number of aromatic nitrogens is 2. The summed E-state index contributed by atoms with van der Waals surface area (Å²) >= 11 is 0. The Hall–Kier alpha value is -3.08. The van der Waals surface area contributed by atoms with Crippen LogP contribution in [0.1, 0.15) is 19.2 Å². The number of rotatable bonds is 7. The van der Waals surface area contributed by atoms with Crippen LogP contribution in [0.4, 0.5) is 0 Å². The van der Waals surface area contributed by atoms with Crippen molar-refractivity contribution >= 4 is 5.97 Å². The zero-order valence-electron chi connectivity index (χ0n) is 13.6. The van der Waals surface area contributed by atoms with E-state index in [4.69, 9.17) is 24.0 Å². The molecule has 0 N–H and O–H groups in total. The van der Waals surface area contributed by atoms with Crippen LogP contribution in [0.25, 0.3) is 11.4 Å². The number of esters is 1. The fourth-order valence-electron chi connectivity index (χ4n) is 1.94. The van der Waals surface area contributed by atoms with Crippen molar-refractivity contribution in [1.29, 1.82) is 5.26 Å². The van der Waals surface area contributed by atoms with Crippen molar-refractivity contribution < 1.29 is 23.5 Å². The van der Waals surface area contributed by atoms with Crippen LogP contribution in [0.5, 0.6) is 11.5 Å². The molecule has 0 radical (unpaired) electrons. The molecule has 8 nitrogen and oxygen atoms in total. The van der Waals surface area contributed by atoms with Gasteiger partial charge in [-0.2, -0.15) is 10.2 Å². The topological polar surface area (TPSA) is 107 Å². The summed E-state index contributed by atoms with van der Waals surface area (Å²) < 4.78 is 20.4. The third-order valence-corrected chi connectivity index (χ3v) is 3.14. The average molecular weight is 331 g/mol. The largest absolute Gasteiger partial charge is 0.493 e. The van der Waals surface area contributed by atoms with Crippen LogP contribution in [0.2, 0.25) is 0 Å². The van der Waals surface area contributed by atoms with E-state index in [1.54, 1.807) is 25.3 Å². The standard InChI is InChI=1S/C16H17N3O5/c1-10(9-17)23-15(20)7-6-14-18-16(19-24-14)11-4-5-12(21-2)13(8-11)22-3/h4-5,8,10H,6-7H2,1-3H3/t10-/m0/s1. The van der Waals surface area contributed by atoms with E-state index in [0.29, 0.717) is 28.8 Å². The van der Waals surface area contributed by atoms with Crippen LogP contribution in [0, 0.1) is 11.3 Å². The van der Waals surface area contributed by atoms with Crippen LogP contribution < -0.4 is 9.47 Å². The van der Waals surface area contributed by atoms with Gasteiger partial charge in [-0.15, -0.1) is 0 Å². The van der Waals surface area contributed by atoms with E-state index in [9.17, 15) is 4.79 Å². The summed E-state index contributed by atoms with van der Waals surface area (Å²) in [6.45, 7) is 1.50. The van der Waals surface area contributed by atoms with Crippen molar-refractivity contribution in [1.82, 2.24) is 10.1 Å². The monoisotopic (exact) mass is 331 g/mol. The van der Waals surface area contributed by atoms with Crippen molar-refractivity contribution in [3.63, 3.8) is 0 Å². The number of nitrogens with zero attached hydrogens (tertiary/aromatic N) is 3. The van der Waals surface area contributed by atoms with Gasteiger partial charge in [0, 0.05) is 12.0 Å². The van der Waals surface area contributed by atoms with Gasteiger partial charge >= 0.3 is 5.97 Å². The number of hydrogen-bond donors (Lipinski definition) is 0. The third kappa shape index (κ3) is 4.23.